The highest BCUT2D eigenvalue weighted by molar-refractivity contribution is 5.78. The van der Waals surface area contributed by atoms with Gasteiger partial charge in [0.15, 0.2) is 6.61 Å². The third-order valence-corrected chi connectivity index (χ3v) is 4.24. The SMILES string of the molecule is CCOC(=O)N1CCN(C(=O)COc2ccc(C(C)(C)C)cc2)CC1. The molecule has 1 heterocycles. The molecule has 0 radical (unpaired) electrons. The normalized spacial score (nSPS) is 15.0. The van der Waals surface area contributed by atoms with Crippen LogP contribution in [0.5, 0.6) is 5.75 Å². The number of hydrogen-bond acceptors (Lipinski definition) is 4. The van der Waals surface area contributed by atoms with Gasteiger partial charge in [-0.25, -0.2) is 4.79 Å². The maximum absolute atomic E-state index is 12.3. The van der Waals surface area contributed by atoms with Gasteiger partial charge in [-0.3, -0.25) is 4.79 Å². The van der Waals surface area contributed by atoms with E-state index in [1.807, 2.05) is 24.3 Å². The van der Waals surface area contributed by atoms with Gasteiger partial charge in [0.2, 0.25) is 0 Å². The van der Waals surface area contributed by atoms with Gasteiger partial charge >= 0.3 is 6.09 Å². The van der Waals surface area contributed by atoms with Gasteiger partial charge < -0.3 is 19.3 Å². The first kappa shape index (κ1) is 19.1. The lowest BCUT2D eigenvalue weighted by atomic mass is 9.87. The third-order valence-electron chi connectivity index (χ3n) is 4.24. The molecule has 1 saturated heterocycles. The van der Waals surface area contributed by atoms with Crippen LogP contribution in [0.1, 0.15) is 33.3 Å². The lowest BCUT2D eigenvalue weighted by molar-refractivity contribution is -0.134. The molecule has 2 amide bonds. The van der Waals surface area contributed by atoms with Gasteiger partial charge in [-0.05, 0) is 30.0 Å². The smallest absolute Gasteiger partial charge is 0.409 e. The molecule has 2 rings (SSSR count). The second-order valence-electron chi connectivity index (χ2n) is 7.13. The largest absolute Gasteiger partial charge is 0.484 e. The van der Waals surface area contributed by atoms with Crippen molar-refractivity contribution in [3.05, 3.63) is 29.8 Å². The highest BCUT2D eigenvalue weighted by Crippen LogP contribution is 2.24. The highest BCUT2D eigenvalue weighted by Gasteiger charge is 2.25. The Balaban J connectivity index is 1.78. The van der Waals surface area contributed by atoms with Crippen LogP contribution in [0.4, 0.5) is 4.79 Å². The number of nitrogens with zero attached hydrogens (tertiary/aromatic N) is 2. The summed E-state index contributed by atoms with van der Waals surface area (Å²) < 4.78 is 10.6. The molecule has 1 aromatic rings. The fraction of sp³-hybridized carbons (Fsp3) is 0.579. The quantitative estimate of drug-likeness (QED) is 0.839. The summed E-state index contributed by atoms with van der Waals surface area (Å²) in [6.07, 6.45) is -0.315. The Hall–Kier alpha value is -2.24. The van der Waals surface area contributed by atoms with Gasteiger partial charge in [-0.1, -0.05) is 32.9 Å². The van der Waals surface area contributed by atoms with Crippen molar-refractivity contribution in [1.82, 2.24) is 9.80 Å². The van der Waals surface area contributed by atoms with Crippen molar-refractivity contribution in [1.29, 1.82) is 0 Å². The molecule has 0 aromatic heterocycles. The lowest BCUT2D eigenvalue weighted by Gasteiger charge is -2.33. The van der Waals surface area contributed by atoms with Crippen LogP contribution >= 0.6 is 0 Å². The summed E-state index contributed by atoms with van der Waals surface area (Å²) in [6.45, 7) is 10.6. The average Bonchev–Trinajstić information content (AvgIpc) is 2.59. The zero-order valence-corrected chi connectivity index (χ0v) is 15.6. The molecule has 0 N–H and O–H groups in total. The van der Waals surface area contributed by atoms with Crippen molar-refractivity contribution in [2.24, 2.45) is 0 Å². The van der Waals surface area contributed by atoms with Crippen LogP contribution in [0.2, 0.25) is 0 Å². The third kappa shape index (κ3) is 5.37. The summed E-state index contributed by atoms with van der Waals surface area (Å²) in [5.41, 5.74) is 1.31. The summed E-state index contributed by atoms with van der Waals surface area (Å²) in [4.78, 5) is 27.3. The van der Waals surface area contributed by atoms with Gasteiger partial charge in [-0.15, -0.1) is 0 Å². The number of rotatable bonds is 4. The highest BCUT2D eigenvalue weighted by atomic mass is 16.6. The molecule has 1 aromatic carbocycles. The molecule has 1 aliphatic rings. The molecule has 0 atom stereocenters. The first-order valence-corrected chi connectivity index (χ1v) is 8.74. The zero-order chi connectivity index (χ0) is 18.4. The molecule has 0 bridgehead atoms. The number of amides is 2. The van der Waals surface area contributed by atoms with Crippen molar-refractivity contribution in [3.8, 4) is 5.75 Å². The zero-order valence-electron chi connectivity index (χ0n) is 15.6. The molecular weight excluding hydrogens is 320 g/mol. The summed E-state index contributed by atoms with van der Waals surface area (Å²) in [5.74, 6) is 0.620. The maximum Gasteiger partial charge on any atom is 0.409 e. The molecule has 0 aliphatic carbocycles. The van der Waals surface area contributed by atoms with Crippen molar-refractivity contribution < 1.29 is 19.1 Å². The predicted octanol–water partition coefficient (Wildman–Crippen LogP) is 2.66. The molecule has 6 heteroatoms. The number of ether oxygens (including phenoxy) is 2. The molecule has 1 aliphatic heterocycles. The minimum absolute atomic E-state index is 0.00821. The van der Waals surface area contributed by atoms with Crippen LogP contribution in [0, 0.1) is 0 Å². The van der Waals surface area contributed by atoms with E-state index in [1.54, 1.807) is 16.7 Å². The van der Waals surface area contributed by atoms with Gasteiger partial charge in [0.05, 0.1) is 6.61 Å². The molecule has 0 unspecified atom stereocenters. The van der Waals surface area contributed by atoms with E-state index in [9.17, 15) is 9.59 Å². The number of benzene rings is 1. The molecule has 0 spiro atoms. The van der Waals surface area contributed by atoms with E-state index < -0.39 is 0 Å². The number of carbonyl (C=O) groups excluding carboxylic acids is 2. The lowest BCUT2D eigenvalue weighted by Crippen LogP contribution is -2.51. The second-order valence-corrected chi connectivity index (χ2v) is 7.13. The molecular formula is C19H28N2O4. The van der Waals surface area contributed by atoms with E-state index in [0.717, 1.165) is 0 Å². The number of hydrogen-bond donors (Lipinski definition) is 0. The first-order valence-electron chi connectivity index (χ1n) is 8.74. The van der Waals surface area contributed by atoms with Crippen LogP contribution in [0.25, 0.3) is 0 Å². The van der Waals surface area contributed by atoms with E-state index in [2.05, 4.69) is 20.8 Å². The Morgan fingerprint density at radius 3 is 2.08 bits per heavy atom. The summed E-state index contributed by atoms with van der Waals surface area (Å²) in [6, 6.07) is 7.84. The van der Waals surface area contributed by atoms with Crippen LogP contribution < -0.4 is 4.74 Å². The Kier molecular flexibility index (Phi) is 6.28. The van der Waals surface area contributed by atoms with Crippen LogP contribution in [-0.2, 0) is 14.9 Å². The van der Waals surface area contributed by atoms with E-state index in [-0.39, 0.29) is 24.0 Å². The minimum Gasteiger partial charge on any atom is -0.484 e. The van der Waals surface area contributed by atoms with Crippen molar-refractivity contribution in [2.45, 2.75) is 33.1 Å². The average molecular weight is 348 g/mol. The first-order chi connectivity index (χ1) is 11.8. The van der Waals surface area contributed by atoms with Crippen molar-refractivity contribution in [3.63, 3.8) is 0 Å². The van der Waals surface area contributed by atoms with Gasteiger partial charge in [0, 0.05) is 26.2 Å². The van der Waals surface area contributed by atoms with Crippen LogP contribution in [0.15, 0.2) is 24.3 Å². The maximum atomic E-state index is 12.3. The number of piperazine rings is 1. The fourth-order valence-electron chi connectivity index (χ4n) is 2.64. The van der Waals surface area contributed by atoms with Crippen molar-refractivity contribution >= 4 is 12.0 Å². The Labute approximate surface area is 149 Å². The van der Waals surface area contributed by atoms with Crippen LogP contribution in [0.3, 0.4) is 0 Å². The minimum atomic E-state index is -0.315. The standard InChI is InChI=1S/C19H28N2O4/c1-5-24-18(23)21-12-10-20(11-13-21)17(22)14-25-16-8-6-15(7-9-16)19(2,3)4/h6-9H,5,10-14H2,1-4H3. The van der Waals surface area contributed by atoms with Crippen LogP contribution in [-0.4, -0.2) is 61.2 Å². The monoisotopic (exact) mass is 348 g/mol. The predicted molar refractivity (Wildman–Crippen MR) is 95.8 cm³/mol. The van der Waals surface area contributed by atoms with E-state index in [1.165, 1.54) is 5.56 Å². The topological polar surface area (TPSA) is 59.1 Å². The van der Waals surface area contributed by atoms with E-state index in [0.29, 0.717) is 38.5 Å². The number of carbonyl (C=O) groups is 2. The molecule has 1 fully saturated rings. The molecule has 25 heavy (non-hydrogen) atoms. The van der Waals surface area contributed by atoms with Crippen molar-refractivity contribution in [2.75, 3.05) is 39.4 Å². The van der Waals surface area contributed by atoms with Gasteiger partial charge in [0.25, 0.3) is 5.91 Å². The van der Waals surface area contributed by atoms with Gasteiger partial charge in [0.1, 0.15) is 5.75 Å². The Morgan fingerprint density at radius 2 is 1.56 bits per heavy atom. The van der Waals surface area contributed by atoms with E-state index >= 15 is 0 Å². The Bertz CT molecular complexity index is 584. The van der Waals surface area contributed by atoms with E-state index in [4.69, 9.17) is 9.47 Å². The molecule has 6 nitrogen and oxygen atoms in total. The fourth-order valence-corrected chi connectivity index (χ4v) is 2.64. The van der Waals surface area contributed by atoms with Gasteiger partial charge in [-0.2, -0.15) is 0 Å². The molecule has 0 saturated carbocycles. The summed E-state index contributed by atoms with van der Waals surface area (Å²) in [7, 11) is 0. The Morgan fingerprint density at radius 1 is 1.00 bits per heavy atom. The second kappa shape index (κ2) is 8.23. The molecule has 138 valence electrons. The summed E-state index contributed by atoms with van der Waals surface area (Å²) in [5, 5.41) is 0. The summed E-state index contributed by atoms with van der Waals surface area (Å²) >= 11 is 0.